The van der Waals surface area contributed by atoms with E-state index in [-0.39, 0.29) is 5.92 Å². The van der Waals surface area contributed by atoms with Crippen molar-refractivity contribution in [1.29, 1.82) is 0 Å². The summed E-state index contributed by atoms with van der Waals surface area (Å²) in [4.78, 5) is 11.2. The predicted octanol–water partition coefficient (Wildman–Crippen LogP) is 1.52. The second kappa shape index (κ2) is 5.55. The first-order valence-corrected chi connectivity index (χ1v) is 6.94. The number of aryl methyl sites for hydroxylation is 1. The fourth-order valence-corrected chi connectivity index (χ4v) is 2.68. The number of aliphatic carboxylic acids is 1. The number of hydrogen-bond acceptors (Lipinski definition) is 4. The molecule has 0 bridgehead atoms. The van der Waals surface area contributed by atoms with Crippen molar-refractivity contribution in [1.82, 2.24) is 14.8 Å². The van der Waals surface area contributed by atoms with Crippen LogP contribution in [0, 0.1) is 5.92 Å². The first kappa shape index (κ1) is 13.6. The van der Waals surface area contributed by atoms with E-state index in [2.05, 4.69) is 10.2 Å². The summed E-state index contributed by atoms with van der Waals surface area (Å²) in [6, 6.07) is 7.78. The summed E-state index contributed by atoms with van der Waals surface area (Å²) < 4.78 is 7.16. The molecular formula is C15H17N3O3. The van der Waals surface area contributed by atoms with Crippen LogP contribution in [0.3, 0.4) is 0 Å². The average molecular weight is 287 g/mol. The average Bonchev–Trinajstić information content (AvgIpc) is 2.90. The van der Waals surface area contributed by atoms with Gasteiger partial charge in [-0.05, 0) is 24.1 Å². The molecule has 2 heterocycles. The molecule has 1 aliphatic rings. The van der Waals surface area contributed by atoms with Crippen LogP contribution in [0.5, 0.6) is 5.75 Å². The van der Waals surface area contributed by atoms with Crippen LogP contribution >= 0.6 is 0 Å². The van der Waals surface area contributed by atoms with Crippen molar-refractivity contribution in [3.63, 3.8) is 0 Å². The minimum absolute atomic E-state index is 0.349. The Bertz CT molecular complexity index is 666. The number of carboxylic acids is 1. The van der Waals surface area contributed by atoms with Gasteiger partial charge in [0.1, 0.15) is 17.4 Å². The second-order valence-electron chi connectivity index (χ2n) is 5.25. The molecule has 0 aliphatic carbocycles. The van der Waals surface area contributed by atoms with Crippen LogP contribution < -0.4 is 4.74 Å². The van der Waals surface area contributed by atoms with Gasteiger partial charge in [0, 0.05) is 19.4 Å². The molecule has 1 atom stereocenters. The monoisotopic (exact) mass is 287 g/mol. The molecule has 1 N–H and O–H groups in total. The molecule has 110 valence electrons. The lowest BCUT2D eigenvalue weighted by Crippen LogP contribution is -2.27. The normalized spacial score (nSPS) is 17.3. The Morgan fingerprint density at radius 2 is 2.33 bits per heavy atom. The molecule has 0 radical (unpaired) electrons. The Balaban J connectivity index is 1.84. The zero-order valence-electron chi connectivity index (χ0n) is 11.8. The number of hydrogen-bond donors (Lipinski definition) is 1. The Morgan fingerprint density at radius 3 is 3.10 bits per heavy atom. The number of ether oxygens (including phenoxy) is 1. The molecule has 6 heteroatoms. The molecular weight excluding hydrogens is 270 g/mol. The van der Waals surface area contributed by atoms with Gasteiger partial charge in [-0.25, -0.2) is 0 Å². The van der Waals surface area contributed by atoms with E-state index in [0.717, 1.165) is 23.0 Å². The molecule has 1 unspecified atom stereocenters. The minimum Gasteiger partial charge on any atom is -0.497 e. The molecule has 2 aromatic rings. The smallest absolute Gasteiger partial charge is 0.308 e. The van der Waals surface area contributed by atoms with Gasteiger partial charge in [0.2, 0.25) is 0 Å². The highest BCUT2D eigenvalue weighted by atomic mass is 16.5. The quantitative estimate of drug-likeness (QED) is 0.922. The summed E-state index contributed by atoms with van der Waals surface area (Å²) in [6.45, 7) is 0.455. The van der Waals surface area contributed by atoms with Gasteiger partial charge >= 0.3 is 5.97 Å². The summed E-state index contributed by atoms with van der Waals surface area (Å²) in [5.74, 6) is 1.39. The lowest BCUT2D eigenvalue weighted by Gasteiger charge is -2.21. The predicted molar refractivity (Wildman–Crippen MR) is 75.3 cm³/mol. The van der Waals surface area contributed by atoms with Crippen LogP contribution in [-0.4, -0.2) is 33.0 Å². The Kier molecular flexibility index (Phi) is 3.60. The van der Waals surface area contributed by atoms with E-state index in [1.165, 1.54) is 0 Å². The summed E-state index contributed by atoms with van der Waals surface area (Å²) >= 11 is 0. The summed E-state index contributed by atoms with van der Waals surface area (Å²) in [5, 5.41) is 17.6. The minimum atomic E-state index is -0.748. The highest BCUT2D eigenvalue weighted by molar-refractivity contribution is 5.70. The van der Waals surface area contributed by atoms with Crippen molar-refractivity contribution in [3.05, 3.63) is 41.5 Å². The van der Waals surface area contributed by atoms with Gasteiger partial charge in [0.05, 0.1) is 13.0 Å². The molecule has 1 aliphatic heterocycles. The number of carbonyl (C=O) groups is 1. The maximum Gasteiger partial charge on any atom is 0.308 e. The molecule has 0 saturated heterocycles. The van der Waals surface area contributed by atoms with Gasteiger partial charge in [0.15, 0.2) is 0 Å². The molecule has 6 nitrogen and oxygen atoms in total. The molecule has 21 heavy (non-hydrogen) atoms. The van der Waals surface area contributed by atoms with Crippen LogP contribution in [0.1, 0.15) is 23.6 Å². The highest BCUT2D eigenvalue weighted by Crippen LogP contribution is 2.22. The van der Waals surface area contributed by atoms with E-state index in [4.69, 9.17) is 4.74 Å². The van der Waals surface area contributed by atoms with E-state index < -0.39 is 5.97 Å². The number of nitrogens with zero attached hydrogens (tertiary/aromatic N) is 3. The Morgan fingerprint density at radius 1 is 1.48 bits per heavy atom. The number of rotatable bonds is 4. The SMILES string of the molecule is COc1cccc(Cc2nnc3n2CC(C(=O)O)CC3)c1. The van der Waals surface area contributed by atoms with Crippen molar-refractivity contribution < 1.29 is 14.6 Å². The lowest BCUT2D eigenvalue weighted by atomic mass is 9.99. The van der Waals surface area contributed by atoms with Crippen molar-refractivity contribution in [2.24, 2.45) is 5.92 Å². The Hall–Kier alpha value is -2.37. The third-order valence-corrected chi connectivity index (χ3v) is 3.87. The molecule has 0 saturated carbocycles. The van der Waals surface area contributed by atoms with E-state index in [0.29, 0.717) is 25.8 Å². The molecule has 0 amide bonds. The number of fused-ring (bicyclic) bond motifs is 1. The first-order valence-electron chi connectivity index (χ1n) is 6.94. The van der Waals surface area contributed by atoms with E-state index in [1.807, 2.05) is 28.8 Å². The standard InChI is InChI=1S/C15H17N3O3/c1-21-12-4-2-3-10(7-12)8-14-17-16-13-6-5-11(15(19)20)9-18(13)14/h2-4,7,11H,5-6,8-9H2,1H3,(H,19,20). The highest BCUT2D eigenvalue weighted by Gasteiger charge is 2.27. The number of aromatic nitrogens is 3. The van der Waals surface area contributed by atoms with Crippen molar-refractivity contribution in [2.45, 2.75) is 25.8 Å². The largest absolute Gasteiger partial charge is 0.497 e. The first-order chi connectivity index (χ1) is 10.2. The fraction of sp³-hybridized carbons (Fsp3) is 0.400. The number of carboxylic acid groups (broad SMARTS) is 1. The van der Waals surface area contributed by atoms with Crippen molar-refractivity contribution in [3.8, 4) is 5.75 Å². The van der Waals surface area contributed by atoms with Gasteiger partial charge in [-0.15, -0.1) is 10.2 Å². The summed E-state index contributed by atoms with van der Waals surface area (Å²) in [5.41, 5.74) is 1.07. The summed E-state index contributed by atoms with van der Waals surface area (Å²) in [7, 11) is 1.63. The second-order valence-corrected chi connectivity index (χ2v) is 5.25. The van der Waals surface area contributed by atoms with Gasteiger partial charge in [0.25, 0.3) is 0 Å². The number of methoxy groups -OCH3 is 1. The maximum absolute atomic E-state index is 11.2. The van der Waals surface area contributed by atoms with E-state index >= 15 is 0 Å². The van der Waals surface area contributed by atoms with Crippen LogP contribution in [0.15, 0.2) is 24.3 Å². The van der Waals surface area contributed by atoms with Crippen LogP contribution in [0.2, 0.25) is 0 Å². The topological polar surface area (TPSA) is 77.2 Å². The van der Waals surface area contributed by atoms with Crippen molar-refractivity contribution in [2.75, 3.05) is 7.11 Å². The summed E-state index contributed by atoms with van der Waals surface area (Å²) in [6.07, 6.45) is 1.92. The van der Waals surface area contributed by atoms with Crippen LogP contribution in [-0.2, 0) is 24.2 Å². The van der Waals surface area contributed by atoms with E-state index in [1.54, 1.807) is 7.11 Å². The van der Waals surface area contributed by atoms with E-state index in [9.17, 15) is 9.90 Å². The fourth-order valence-electron chi connectivity index (χ4n) is 2.68. The molecule has 0 spiro atoms. The van der Waals surface area contributed by atoms with Crippen LogP contribution in [0.4, 0.5) is 0 Å². The Labute approximate surface area is 122 Å². The number of benzene rings is 1. The van der Waals surface area contributed by atoms with Gasteiger partial charge in [-0.2, -0.15) is 0 Å². The van der Waals surface area contributed by atoms with Crippen molar-refractivity contribution >= 4 is 5.97 Å². The maximum atomic E-state index is 11.2. The third kappa shape index (κ3) is 2.74. The third-order valence-electron chi connectivity index (χ3n) is 3.87. The van der Waals surface area contributed by atoms with Gasteiger partial charge < -0.3 is 14.4 Å². The zero-order chi connectivity index (χ0) is 14.8. The van der Waals surface area contributed by atoms with Crippen LogP contribution in [0.25, 0.3) is 0 Å². The molecule has 1 aromatic carbocycles. The lowest BCUT2D eigenvalue weighted by molar-refractivity contribution is -0.142. The molecule has 1 aromatic heterocycles. The molecule has 3 rings (SSSR count). The zero-order valence-corrected chi connectivity index (χ0v) is 11.8. The van der Waals surface area contributed by atoms with Gasteiger partial charge in [-0.3, -0.25) is 4.79 Å². The van der Waals surface area contributed by atoms with Gasteiger partial charge in [-0.1, -0.05) is 12.1 Å². The molecule has 0 fully saturated rings.